The number of aromatic nitrogens is 2. The monoisotopic (exact) mass is 184 g/mol. The minimum absolute atomic E-state index is 0.0183. The Balaban J connectivity index is 2.60. The highest BCUT2D eigenvalue weighted by molar-refractivity contribution is 5.08. The highest BCUT2D eigenvalue weighted by Crippen LogP contribution is 2.05. The van der Waals surface area contributed by atoms with Gasteiger partial charge in [-0.2, -0.15) is 5.10 Å². The van der Waals surface area contributed by atoms with Crippen molar-refractivity contribution >= 4 is 0 Å². The largest absolute Gasteiger partial charge is 0.390 e. The van der Waals surface area contributed by atoms with Crippen LogP contribution in [0.3, 0.4) is 0 Å². The Morgan fingerprint density at radius 2 is 2.31 bits per heavy atom. The molecule has 13 heavy (non-hydrogen) atoms. The van der Waals surface area contributed by atoms with Crippen molar-refractivity contribution in [1.29, 1.82) is 0 Å². The molecular weight excluding hydrogens is 168 g/mol. The van der Waals surface area contributed by atoms with Gasteiger partial charge in [0.25, 0.3) is 0 Å². The van der Waals surface area contributed by atoms with E-state index < -0.39 is 0 Å². The summed E-state index contributed by atoms with van der Waals surface area (Å²) in [6.07, 6.45) is 0.215. The molecule has 0 spiro atoms. The molecule has 0 aromatic carbocycles. The van der Waals surface area contributed by atoms with E-state index in [1.165, 1.54) is 0 Å². The maximum Gasteiger partial charge on any atom is 0.0888 e. The van der Waals surface area contributed by atoms with E-state index in [4.69, 9.17) is 9.84 Å². The van der Waals surface area contributed by atoms with Gasteiger partial charge in [0, 0.05) is 7.05 Å². The fourth-order valence-electron chi connectivity index (χ4n) is 1.04. The predicted octanol–water partition coefficient (Wildman–Crippen LogP) is 0.837. The molecule has 1 N–H and O–H groups in total. The van der Waals surface area contributed by atoms with Crippen LogP contribution in [0.4, 0.5) is 0 Å². The number of aliphatic hydroxyl groups is 1. The second kappa shape index (κ2) is 4.39. The molecule has 0 saturated heterocycles. The van der Waals surface area contributed by atoms with Crippen molar-refractivity contribution in [3.8, 4) is 0 Å². The lowest BCUT2D eigenvalue weighted by atomic mass is 10.3. The summed E-state index contributed by atoms with van der Waals surface area (Å²) in [5, 5.41) is 12.9. The van der Waals surface area contributed by atoms with Crippen molar-refractivity contribution < 1.29 is 9.84 Å². The third-order valence-corrected chi connectivity index (χ3v) is 1.75. The average Bonchev–Trinajstić information content (AvgIpc) is 2.43. The van der Waals surface area contributed by atoms with E-state index in [9.17, 15) is 0 Å². The zero-order chi connectivity index (χ0) is 9.84. The molecule has 0 saturated carbocycles. The highest BCUT2D eigenvalue weighted by atomic mass is 16.5. The molecule has 0 radical (unpaired) electrons. The molecular formula is C9H16N2O2. The molecule has 4 nitrogen and oxygen atoms in total. The molecule has 1 aromatic rings. The molecule has 0 aliphatic rings. The van der Waals surface area contributed by atoms with Gasteiger partial charge in [-0.1, -0.05) is 0 Å². The Kier molecular flexibility index (Phi) is 3.45. The van der Waals surface area contributed by atoms with Crippen molar-refractivity contribution in [2.45, 2.75) is 33.2 Å². The van der Waals surface area contributed by atoms with E-state index in [0.29, 0.717) is 12.3 Å². The number of ether oxygens (including phenoxy) is 1. The lowest BCUT2D eigenvalue weighted by Gasteiger charge is -2.06. The smallest absolute Gasteiger partial charge is 0.0888 e. The van der Waals surface area contributed by atoms with Crippen molar-refractivity contribution in [2.24, 2.45) is 7.05 Å². The first-order chi connectivity index (χ1) is 6.13. The van der Waals surface area contributed by atoms with E-state index in [-0.39, 0.29) is 12.7 Å². The zero-order valence-corrected chi connectivity index (χ0v) is 8.32. The van der Waals surface area contributed by atoms with Crippen LogP contribution in [0.25, 0.3) is 0 Å². The summed E-state index contributed by atoms with van der Waals surface area (Å²) in [5.41, 5.74) is 1.67. The van der Waals surface area contributed by atoms with Crippen molar-refractivity contribution in [3.63, 3.8) is 0 Å². The van der Waals surface area contributed by atoms with Crippen LogP contribution in [0.1, 0.15) is 25.2 Å². The summed E-state index contributed by atoms with van der Waals surface area (Å²) in [7, 11) is 1.85. The van der Waals surface area contributed by atoms with Gasteiger partial charge in [0.1, 0.15) is 0 Å². The number of hydrogen-bond donors (Lipinski definition) is 1. The number of rotatable bonds is 4. The molecule has 0 fully saturated rings. The maximum absolute atomic E-state index is 8.84. The second-order valence-electron chi connectivity index (χ2n) is 3.27. The van der Waals surface area contributed by atoms with Crippen molar-refractivity contribution in [2.75, 3.05) is 0 Å². The van der Waals surface area contributed by atoms with Gasteiger partial charge in [0.15, 0.2) is 0 Å². The molecule has 0 aliphatic carbocycles. The van der Waals surface area contributed by atoms with Crippen LogP contribution >= 0.6 is 0 Å². The Morgan fingerprint density at radius 1 is 1.62 bits per heavy atom. The standard InChI is InChI=1S/C9H16N2O2/c1-7(2)13-6-9-4-8(5-12)10-11(9)3/h4,7,12H,5-6H2,1-3H3. The third kappa shape index (κ3) is 2.82. The van der Waals surface area contributed by atoms with Gasteiger partial charge in [-0.15, -0.1) is 0 Å². The van der Waals surface area contributed by atoms with Gasteiger partial charge in [-0.25, -0.2) is 0 Å². The SMILES string of the molecule is CC(C)OCc1cc(CO)nn1C. The molecule has 1 aromatic heterocycles. The molecule has 74 valence electrons. The molecule has 0 bridgehead atoms. The van der Waals surface area contributed by atoms with Crippen molar-refractivity contribution in [3.05, 3.63) is 17.5 Å². The van der Waals surface area contributed by atoms with Crippen LogP contribution in [0, 0.1) is 0 Å². The second-order valence-corrected chi connectivity index (χ2v) is 3.27. The minimum Gasteiger partial charge on any atom is -0.390 e. The summed E-state index contributed by atoms with van der Waals surface area (Å²) in [5.74, 6) is 0. The summed E-state index contributed by atoms with van der Waals surface area (Å²) in [6, 6.07) is 1.85. The lowest BCUT2D eigenvalue weighted by Crippen LogP contribution is -2.06. The fraction of sp³-hybridized carbons (Fsp3) is 0.667. The topological polar surface area (TPSA) is 47.3 Å². The molecule has 1 heterocycles. The van der Waals surface area contributed by atoms with Gasteiger partial charge in [-0.05, 0) is 19.9 Å². The fourth-order valence-corrected chi connectivity index (χ4v) is 1.04. The number of nitrogens with zero attached hydrogens (tertiary/aromatic N) is 2. The quantitative estimate of drug-likeness (QED) is 0.754. The van der Waals surface area contributed by atoms with Gasteiger partial charge < -0.3 is 9.84 Å². The molecule has 0 amide bonds. The normalized spacial score (nSPS) is 11.2. The van der Waals surface area contributed by atoms with E-state index in [1.54, 1.807) is 4.68 Å². The van der Waals surface area contributed by atoms with Crippen LogP contribution in [-0.2, 0) is 25.0 Å². The zero-order valence-electron chi connectivity index (χ0n) is 8.32. The number of aliphatic hydroxyl groups excluding tert-OH is 1. The van der Waals surface area contributed by atoms with E-state index in [2.05, 4.69) is 5.10 Å². The van der Waals surface area contributed by atoms with Gasteiger partial charge in [0.2, 0.25) is 0 Å². The van der Waals surface area contributed by atoms with Gasteiger partial charge in [0.05, 0.1) is 30.7 Å². The summed E-state index contributed by atoms with van der Waals surface area (Å²) >= 11 is 0. The van der Waals surface area contributed by atoms with Gasteiger partial charge >= 0.3 is 0 Å². The van der Waals surface area contributed by atoms with Crippen LogP contribution in [0.5, 0.6) is 0 Å². The first kappa shape index (κ1) is 10.2. The Labute approximate surface area is 78.1 Å². The average molecular weight is 184 g/mol. The molecule has 0 atom stereocenters. The molecule has 4 heteroatoms. The Hall–Kier alpha value is -0.870. The van der Waals surface area contributed by atoms with E-state index in [1.807, 2.05) is 27.0 Å². The third-order valence-electron chi connectivity index (χ3n) is 1.75. The first-order valence-corrected chi connectivity index (χ1v) is 4.37. The van der Waals surface area contributed by atoms with E-state index in [0.717, 1.165) is 5.69 Å². The van der Waals surface area contributed by atoms with Crippen LogP contribution < -0.4 is 0 Å². The lowest BCUT2D eigenvalue weighted by molar-refractivity contribution is 0.0617. The summed E-state index contributed by atoms with van der Waals surface area (Å²) in [6.45, 7) is 4.50. The van der Waals surface area contributed by atoms with Crippen LogP contribution in [0.15, 0.2) is 6.07 Å². The minimum atomic E-state index is -0.0183. The van der Waals surface area contributed by atoms with Crippen LogP contribution in [0.2, 0.25) is 0 Å². The molecule has 0 aliphatic heterocycles. The number of hydrogen-bond acceptors (Lipinski definition) is 3. The highest BCUT2D eigenvalue weighted by Gasteiger charge is 2.04. The van der Waals surface area contributed by atoms with Gasteiger partial charge in [-0.3, -0.25) is 4.68 Å². The maximum atomic E-state index is 8.84. The summed E-state index contributed by atoms with van der Waals surface area (Å²) < 4.78 is 7.15. The predicted molar refractivity (Wildman–Crippen MR) is 49.1 cm³/mol. The summed E-state index contributed by atoms with van der Waals surface area (Å²) in [4.78, 5) is 0. The Bertz CT molecular complexity index is 269. The van der Waals surface area contributed by atoms with E-state index >= 15 is 0 Å². The molecule has 0 unspecified atom stereocenters. The Morgan fingerprint density at radius 3 is 2.77 bits per heavy atom. The molecule has 1 rings (SSSR count). The number of aryl methyl sites for hydroxylation is 1. The van der Waals surface area contributed by atoms with Crippen LogP contribution in [-0.4, -0.2) is 21.0 Å². The van der Waals surface area contributed by atoms with Crippen molar-refractivity contribution in [1.82, 2.24) is 9.78 Å². The first-order valence-electron chi connectivity index (χ1n) is 4.37.